The number of hydrogen-bond acceptors (Lipinski definition) is 4. The Bertz CT molecular complexity index is 988. The van der Waals surface area contributed by atoms with E-state index in [9.17, 15) is 9.18 Å². The predicted molar refractivity (Wildman–Crippen MR) is 118 cm³/mol. The molecule has 3 rings (SSSR count). The quantitative estimate of drug-likeness (QED) is 0.450. The number of halogens is 2. The Kier molecular flexibility index (Phi) is 6.86. The van der Waals surface area contributed by atoms with Gasteiger partial charge in [-0.05, 0) is 24.6 Å². The van der Waals surface area contributed by atoms with Gasteiger partial charge in [0.1, 0.15) is 6.61 Å². The zero-order chi connectivity index (χ0) is 20.3. The molecule has 6 nitrogen and oxygen atoms in total. The van der Waals surface area contributed by atoms with Gasteiger partial charge in [0.25, 0.3) is 0 Å². The highest BCUT2D eigenvalue weighted by Gasteiger charge is 2.18. The molecule has 2 heterocycles. The summed E-state index contributed by atoms with van der Waals surface area (Å²) in [6.07, 6.45) is 3.86. The van der Waals surface area contributed by atoms with Gasteiger partial charge in [-0.1, -0.05) is 6.92 Å². The topological polar surface area (TPSA) is 61.1 Å². The molecule has 0 aliphatic heterocycles. The van der Waals surface area contributed by atoms with Crippen molar-refractivity contribution in [2.75, 3.05) is 13.2 Å². The van der Waals surface area contributed by atoms with Crippen LogP contribution in [0.4, 0.5) is 4.39 Å². The summed E-state index contributed by atoms with van der Waals surface area (Å²) in [5, 5.41) is 8.07. The molecule has 0 radical (unpaired) electrons. The molecule has 2 aromatic heterocycles. The minimum Gasteiger partial charge on any atom is -0.489 e. The first-order valence-electron chi connectivity index (χ1n) is 8.90. The number of amides is 1. The van der Waals surface area contributed by atoms with Gasteiger partial charge in [0, 0.05) is 73.6 Å². The molecule has 1 amide bonds. The maximum atomic E-state index is 14.6. The normalized spacial score (nSPS) is 12.3. The molecule has 0 aliphatic rings. The van der Waals surface area contributed by atoms with Gasteiger partial charge in [-0.3, -0.25) is 13.4 Å². The maximum Gasteiger partial charge on any atom is 0.216 e. The Balaban J connectivity index is 1.84. The average Bonchev–Trinajstić information content (AvgIpc) is 3.23. The molecule has 1 N–H and O–H groups in total. The molecule has 0 saturated heterocycles. The lowest BCUT2D eigenvalue weighted by atomic mass is 10.0. The summed E-state index contributed by atoms with van der Waals surface area (Å²) in [5.74, 6) is -0.153. The number of ether oxygens (including phenoxy) is 1. The Labute approximate surface area is 179 Å². The van der Waals surface area contributed by atoms with E-state index in [1.807, 2.05) is 36.3 Å². The van der Waals surface area contributed by atoms with Crippen molar-refractivity contribution in [2.24, 2.45) is 0 Å². The molecule has 0 bridgehead atoms. The Hall–Kier alpha value is -1.75. The Morgan fingerprint density at radius 3 is 2.89 bits per heavy atom. The number of benzene rings is 1. The van der Waals surface area contributed by atoms with Crippen LogP contribution in [-0.4, -0.2) is 32.8 Å². The van der Waals surface area contributed by atoms with Crippen LogP contribution in [0.1, 0.15) is 31.0 Å². The van der Waals surface area contributed by atoms with Gasteiger partial charge in [0.15, 0.2) is 11.6 Å². The zero-order valence-electron chi connectivity index (χ0n) is 15.9. The molecule has 0 spiro atoms. The third kappa shape index (κ3) is 4.80. The molecule has 0 unspecified atom stereocenters. The van der Waals surface area contributed by atoms with Gasteiger partial charge < -0.3 is 10.1 Å². The zero-order valence-corrected chi connectivity index (χ0v) is 18.9. The number of aromatic nitrogens is 3. The first-order chi connectivity index (χ1) is 13.4. The smallest absolute Gasteiger partial charge is 0.216 e. The minimum absolute atomic E-state index is 0.0669. The van der Waals surface area contributed by atoms with E-state index in [2.05, 4.69) is 31.6 Å². The van der Waals surface area contributed by atoms with E-state index in [0.717, 1.165) is 22.2 Å². The molecule has 9 heteroatoms. The van der Waals surface area contributed by atoms with Crippen molar-refractivity contribution in [3.63, 3.8) is 0 Å². The lowest BCUT2D eigenvalue weighted by Crippen LogP contribution is -2.24. The number of rotatable bonds is 8. The summed E-state index contributed by atoms with van der Waals surface area (Å²) in [6, 6.07) is 5.17. The van der Waals surface area contributed by atoms with Gasteiger partial charge in [0.05, 0.1) is 17.8 Å². The van der Waals surface area contributed by atoms with Crippen molar-refractivity contribution in [1.82, 2.24) is 19.1 Å². The molecule has 0 aliphatic carbocycles. The van der Waals surface area contributed by atoms with Crippen LogP contribution in [0.5, 0.6) is 5.75 Å². The molecular formula is C19H22FIN4O2S. The molecular weight excluding hydrogens is 494 g/mol. The van der Waals surface area contributed by atoms with Gasteiger partial charge in [-0.2, -0.15) is 5.10 Å². The van der Waals surface area contributed by atoms with Crippen LogP contribution < -0.4 is 10.1 Å². The highest BCUT2D eigenvalue weighted by atomic mass is 127. The lowest BCUT2D eigenvalue weighted by Gasteiger charge is -2.12. The van der Waals surface area contributed by atoms with Gasteiger partial charge in [-0.25, -0.2) is 4.39 Å². The summed E-state index contributed by atoms with van der Waals surface area (Å²) in [6.45, 7) is 6.84. The van der Waals surface area contributed by atoms with E-state index in [1.165, 1.54) is 22.1 Å². The number of nitrogens with zero attached hydrogens (tertiary/aromatic N) is 3. The average molecular weight is 516 g/mol. The fourth-order valence-corrected chi connectivity index (χ4v) is 4.38. The predicted octanol–water partition coefficient (Wildman–Crippen LogP) is 4.45. The monoisotopic (exact) mass is 516 g/mol. The number of carbonyl (C=O) groups excluding carboxylic acids is 1. The molecule has 1 atom stereocenters. The van der Waals surface area contributed by atoms with E-state index in [0.29, 0.717) is 19.7 Å². The van der Waals surface area contributed by atoms with Crippen molar-refractivity contribution >= 4 is 47.1 Å². The van der Waals surface area contributed by atoms with Crippen LogP contribution in [0.15, 0.2) is 30.6 Å². The van der Waals surface area contributed by atoms with Crippen LogP contribution in [-0.2, 0) is 11.3 Å². The van der Waals surface area contributed by atoms with Gasteiger partial charge in [-0.15, -0.1) is 0 Å². The van der Waals surface area contributed by atoms with Crippen LogP contribution in [0, 0.1) is 12.7 Å². The van der Waals surface area contributed by atoms with Crippen molar-refractivity contribution in [3.05, 3.63) is 47.7 Å². The fourth-order valence-electron chi connectivity index (χ4n) is 3.03. The summed E-state index contributed by atoms with van der Waals surface area (Å²) < 4.78 is 24.0. The van der Waals surface area contributed by atoms with E-state index in [1.54, 1.807) is 10.7 Å². The molecule has 1 aromatic carbocycles. The second-order valence-corrected chi connectivity index (χ2v) is 8.40. The minimum atomic E-state index is -0.394. The van der Waals surface area contributed by atoms with E-state index in [4.69, 9.17) is 4.74 Å². The van der Waals surface area contributed by atoms with E-state index >= 15 is 0 Å². The molecule has 0 fully saturated rings. The SMILES string of the molecule is CC(=O)NC[C@H](C)c1cn(SI)c2cc(F)c(OCCn3ccc(C)n3)cc12. The van der Waals surface area contributed by atoms with Crippen LogP contribution in [0.2, 0.25) is 0 Å². The van der Waals surface area contributed by atoms with Crippen molar-refractivity contribution in [2.45, 2.75) is 33.2 Å². The highest BCUT2D eigenvalue weighted by molar-refractivity contribution is 14.2. The van der Waals surface area contributed by atoms with Crippen LogP contribution in [0.25, 0.3) is 10.9 Å². The van der Waals surface area contributed by atoms with Crippen LogP contribution in [0.3, 0.4) is 0 Å². The number of fused-ring (bicyclic) bond motifs is 1. The van der Waals surface area contributed by atoms with E-state index < -0.39 is 5.82 Å². The lowest BCUT2D eigenvalue weighted by molar-refractivity contribution is -0.119. The van der Waals surface area contributed by atoms with Crippen molar-refractivity contribution in [3.8, 4) is 5.75 Å². The van der Waals surface area contributed by atoms with Gasteiger partial charge >= 0.3 is 0 Å². The Morgan fingerprint density at radius 2 is 2.25 bits per heavy atom. The number of aryl methyl sites for hydroxylation is 1. The largest absolute Gasteiger partial charge is 0.489 e. The second kappa shape index (κ2) is 9.17. The molecule has 0 saturated carbocycles. The molecule has 150 valence electrons. The van der Waals surface area contributed by atoms with Crippen molar-refractivity contribution in [1.29, 1.82) is 0 Å². The Morgan fingerprint density at radius 1 is 1.46 bits per heavy atom. The van der Waals surface area contributed by atoms with E-state index in [-0.39, 0.29) is 17.6 Å². The molecule has 3 aromatic rings. The third-order valence-electron chi connectivity index (χ3n) is 4.47. The standard InChI is InChI=1S/C19H22FIN4O2S/c1-12(10-22-14(3)26)16-11-25(28-21)18-9-17(20)19(8-15(16)18)27-7-6-24-5-4-13(2)23-24/h4-5,8-9,11-12H,6-7,10H2,1-3H3,(H,22,26)/t12-/m0/s1. The summed E-state index contributed by atoms with van der Waals surface area (Å²) >= 11 is 2.17. The first-order valence-corrected chi connectivity index (χ1v) is 12.2. The number of nitrogens with one attached hydrogen (secondary N) is 1. The number of hydrogen-bond donors (Lipinski definition) is 1. The third-order valence-corrected chi connectivity index (χ3v) is 6.19. The second-order valence-electron chi connectivity index (χ2n) is 6.69. The highest BCUT2D eigenvalue weighted by Crippen LogP contribution is 2.36. The van der Waals surface area contributed by atoms with Crippen LogP contribution >= 0.6 is 30.3 Å². The fraction of sp³-hybridized carbons (Fsp3) is 0.368. The van der Waals surface area contributed by atoms with Gasteiger partial charge in [0.2, 0.25) is 5.91 Å². The van der Waals surface area contributed by atoms with Crippen molar-refractivity contribution < 1.29 is 13.9 Å². The first kappa shape index (κ1) is 21.0. The summed E-state index contributed by atoms with van der Waals surface area (Å²) in [5.41, 5.74) is 2.76. The number of carbonyl (C=O) groups is 1. The summed E-state index contributed by atoms with van der Waals surface area (Å²) in [7, 11) is 1.47. The maximum absolute atomic E-state index is 14.6. The molecule has 28 heavy (non-hydrogen) atoms. The summed E-state index contributed by atoms with van der Waals surface area (Å²) in [4.78, 5) is 11.2.